The molecule has 0 radical (unpaired) electrons. The standard InChI is InChI=1S/C17H24N2O2/c1-13(17(20)19-9-5-2-6-10-19)21-15-11-14-7-3-4-8-16(14)18-12-15/h3-4,7-8,13,15,18H,2,5-6,9-12H2,1H3. The predicted octanol–water partition coefficient (Wildman–Crippen LogP) is 2.44. The molecule has 1 N–H and O–H groups in total. The molecule has 1 aromatic carbocycles. The zero-order valence-corrected chi connectivity index (χ0v) is 12.7. The lowest BCUT2D eigenvalue weighted by Crippen LogP contribution is -2.44. The first-order chi connectivity index (χ1) is 10.2. The predicted molar refractivity (Wildman–Crippen MR) is 83.4 cm³/mol. The number of benzene rings is 1. The highest BCUT2D eigenvalue weighted by molar-refractivity contribution is 5.80. The Hall–Kier alpha value is -1.55. The van der Waals surface area contributed by atoms with Crippen LogP contribution in [0.5, 0.6) is 0 Å². The van der Waals surface area contributed by atoms with Gasteiger partial charge in [0, 0.05) is 31.7 Å². The lowest BCUT2D eigenvalue weighted by Gasteiger charge is -2.32. The van der Waals surface area contributed by atoms with Crippen molar-refractivity contribution in [2.24, 2.45) is 0 Å². The third kappa shape index (κ3) is 3.38. The maximum Gasteiger partial charge on any atom is 0.251 e. The summed E-state index contributed by atoms with van der Waals surface area (Å²) in [7, 11) is 0. The fraction of sp³-hybridized carbons (Fsp3) is 0.588. The first-order valence-corrected chi connectivity index (χ1v) is 8.00. The lowest BCUT2D eigenvalue weighted by molar-refractivity contribution is -0.146. The minimum Gasteiger partial charge on any atom is -0.382 e. The highest BCUT2D eigenvalue weighted by Crippen LogP contribution is 2.23. The van der Waals surface area contributed by atoms with E-state index in [1.807, 2.05) is 24.0 Å². The minimum atomic E-state index is -0.347. The monoisotopic (exact) mass is 288 g/mol. The molecule has 2 atom stereocenters. The summed E-state index contributed by atoms with van der Waals surface area (Å²) in [4.78, 5) is 14.4. The SMILES string of the molecule is CC(OC1CNc2ccccc2C1)C(=O)N1CCCCC1. The number of carbonyl (C=O) groups is 1. The van der Waals surface area contributed by atoms with Crippen LogP contribution in [-0.4, -0.2) is 42.6 Å². The quantitative estimate of drug-likeness (QED) is 0.929. The number of amides is 1. The van der Waals surface area contributed by atoms with Crippen molar-refractivity contribution >= 4 is 11.6 Å². The second-order valence-electron chi connectivity index (χ2n) is 6.03. The number of hydrogen-bond donors (Lipinski definition) is 1. The van der Waals surface area contributed by atoms with Gasteiger partial charge in [-0.05, 0) is 37.8 Å². The largest absolute Gasteiger partial charge is 0.382 e. The maximum atomic E-state index is 12.4. The molecule has 4 nitrogen and oxygen atoms in total. The van der Waals surface area contributed by atoms with Crippen molar-refractivity contribution in [1.29, 1.82) is 0 Å². The molecule has 1 aromatic rings. The molecule has 0 spiro atoms. The Balaban J connectivity index is 1.56. The Kier molecular flexibility index (Phi) is 4.44. The van der Waals surface area contributed by atoms with Crippen LogP contribution in [0.1, 0.15) is 31.7 Å². The highest BCUT2D eigenvalue weighted by Gasteiger charge is 2.27. The number of hydrogen-bond acceptors (Lipinski definition) is 3. The van der Waals surface area contributed by atoms with Gasteiger partial charge in [0.15, 0.2) is 0 Å². The molecule has 114 valence electrons. The molecule has 1 saturated heterocycles. The number of ether oxygens (including phenoxy) is 1. The van der Waals surface area contributed by atoms with E-state index in [-0.39, 0.29) is 18.1 Å². The molecular weight excluding hydrogens is 264 g/mol. The van der Waals surface area contributed by atoms with Crippen LogP contribution in [0.15, 0.2) is 24.3 Å². The van der Waals surface area contributed by atoms with Gasteiger partial charge in [-0.2, -0.15) is 0 Å². The van der Waals surface area contributed by atoms with E-state index in [4.69, 9.17) is 4.74 Å². The van der Waals surface area contributed by atoms with Gasteiger partial charge in [-0.1, -0.05) is 18.2 Å². The van der Waals surface area contributed by atoms with Crippen molar-refractivity contribution in [2.45, 2.75) is 44.8 Å². The molecule has 0 aromatic heterocycles. The molecule has 2 aliphatic heterocycles. The van der Waals surface area contributed by atoms with E-state index in [1.165, 1.54) is 17.7 Å². The summed E-state index contributed by atoms with van der Waals surface area (Å²) in [6, 6.07) is 8.30. The van der Waals surface area contributed by atoms with Crippen LogP contribution in [0.25, 0.3) is 0 Å². The van der Waals surface area contributed by atoms with Gasteiger partial charge in [0.25, 0.3) is 5.91 Å². The second kappa shape index (κ2) is 6.48. The summed E-state index contributed by atoms with van der Waals surface area (Å²) in [5.74, 6) is 0.147. The number of nitrogens with zero attached hydrogens (tertiary/aromatic N) is 1. The number of nitrogens with one attached hydrogen (secondary N) is 1. The zero-order chi connectivity index (χ0) is 14.7. The summed E-state index contributed by atoms with van der Waals surface area (Å²) in [5.41, 5.74) is 2.46. The number of para-hydroxylation sites is 1. The molecule has 2 heterocycles. The maximum absolute atomic E-state index is 12.4. The molecule has 1 amide bonds. The van der Waals surface area contributed by atoms with E-state index >= 15 is 0 Å². The molecule has 21 heavy (non-hydrogen) atoms. The normalized spacial score (nSPS) is 23.1. The van der Waals surface area contributed by atoms with Crippen LogP contribution in [-0.2, 0) is 16.0 Å². The number of piperidine rings is 1. The van der Waals surface area contributed by atoms with Gasteiger partial charge in [0.2, 0.25) is 0 Å². The van der Waals surface area contributed by atoms with Gasteiger partial charge in [-0.3, -0.25) is 4.79 Å². The molecule has 4 heteroatoms. The van der Waals surface area contributed by atoms with Crippen molar-refractivity contribution in [1.82, 2.24) is 4.90 Å². The Labute approximate surface area is 126 Å². The van der Waals surface area contributed by atoms with Gasteiger partial charge in [-0.25, -0.2) is 0 Å². The fourth-order valence-electron chi connectivity index (χ4n) is 3.23. The first kappa shape index (κ1) is 14.4. The molecular formula is C17H24N2O2. The summed E-state index contributed by atoms with van der Waals surface area (Å²) in [6.07, 6.45) is 4.08. The number of fused-ring (bicyclic) bond motifs is 1. The van der Waals surface area contributed by atoms with E-state index in [1.54, 1.807) is 0 Å². The Morgan fingerprint density at radius 1 is 1.29 bits per heavy atom. The first-order valence-electron chi connectivity index (χ1n) is 8.00. The fourth-order valence-corrected chi connectivity index (χ4v) is 3.23. The van der Waals surface area contributed by atoms with Crippen molar-refractivity contribution in [3.8, 4) is 0 Å². The average molecular weight is 288 g/mol. The van der Waals surface area contributed by atoms with Gasteiger partial charge in [0.05, 0.1) is 6.10 Å². The third-order valence-electron chi connectivity index (χ3n) is 4.40. The Morgan fingerprint density at radius 3 is 2.86 bits per heavy atom. The minimum absolute atomic E-state index is 0.0728. The second-order valence-corrected chi connectivity index (χ2v) is 6.03. The van der Waals surface area contributed by atoms with E-state index < -0.39 is 0 Å². The van der Waals surface area contributed by atoms with Crippen LogP contribution in [0.4, 0.5) is 5.69 Å². The smallest absolute Gasteiger partial charge is 0.251 e. The van der Waals surface area contributed by atoms with Crippen LogP contribution in [0.3, 0.4) is 0 Å². The van der Waals surface area contributed by atoms with Crippen LogP contribution < -0.4 is 5.32 Å². The van der Waals surface area contributed by atoms with Crippen molar-refractivity contribution in [2.75, 3.05) is 25.0 Å². The number of carbonyl (C=O) groups excluding carboxylic acids is 1. The highest BCUT2D eigenvalue weighted by atomic mass is 16.5. The number of rotatable bonds is 3. The van der Waals surface area contributed by atoms with Gasteiger partial charge >= 0.3 is 0 Å². The Morgan fingerprint density at radius 2 is 2.05 bits per heavy atom. The van der Waals surface area contributed by atoms with Crippen molar-refractivity contribution < 1.29 is 9.53 Å². The van der Waals surface area contributed by atoms with Gasteiger partial charge in [0.1, 0.15) is 6.10 Å². The lowest BCUT2D eigenvalue weighted by atomic mass is 10.0. The molecule has 0 bridgehead atoms. The topological polar surface area (TPSA) is 41.6 Å². The van der Waals surface area contributed by atoms with Crippen LogP contribution >= 0.6 is 0 Å². The molecule has 0 aliphatic carbocycles. The zero-order valence-electron chi connectivity index (χ0n) is 12.7. The van der Waals surface area contributed by atoms with Gasteiger partial charge in [-0.15, -0.1) is 0 Å². The molecule has 0 saturated carbocycles. The molecule has 3 rings (SSSR count). The van der Waals surface area contributed by atoms with Crippen LogP contribution in [0.2, 0.25) is 0 Å². The number of likely N-dealkylation sites (tertiary alicyclic amines) is 1. The summed E-state index contributed by atoms with van der Waals surface area (Å²) < 4.78 is 6.01. The molecule has 2 aliphatic rings. The van der Waals surface area contributed by atoms with Crippen molar-refractivity contribution in [3.05, 3.63) is 29.8 Å². The third-order valence-corrected chi connectivity index (χ3v) is 4.40. The van der Waals surface area contributed by atoms with Gasteiger partial charge < -0.3 is 15.0 Å². The summed E-state index contributed by atoms with van der Waals surface area (Å²) in [5, 5.41) is 3.39. The molecule has 2 unspecified atom stereocenters. The Bertz CT molecular complexity index is 497. The van der Waals surface area contributed by atoms with Crippen molar-refractivity contribution in [3.63, 3.8) is 0 Å². The van der Waals surface area contributed by atoms with E-state index in [2.05, 4.69) is 17.4 Å². The molecule has 1 fully saturated rings. The van der Waals surface area contributed by atoms with Crippen LogP contribution in [0, 0.1) is 0 Å². The number of anilines is 1. The summed E-state index contributed by atoms with van der Waals surface area (Å²) >= 11 is 0. The summed E-state index contributed by atoms with van der Waals surface area (Å²) in [6.45, 7) is 4.43. The average Bonchev–Trinajstić information content (AvgIpc) is 2.55. The van der Waals surface area contributed by atoms with E-state index in [0.717, 1.165) is 38.9 Å². The van der Waals surface area contributed by atoms with E-state index in [9.17, 15) is 4.79 Å². The van der Waals surface area contributed by atoms with E-state index in [0.29, 0.717) is 0 Å².